The van der Waals surface area contributed by atoms with E-state index in [9.17, 15) is 0 Å². The highest BCUT2D eigenvalue weighted by atomic mass is 15.2. The highest BCUT2D eigenvalue weighted by molar-refractivity contribution is 5.07. The summed E-state index contributed by atoms with van der Waals surface area (Å²) in [5.41, 5.74) is 0.704. The zero-order chi connectivity index (χ0) is 10.9. The molecule has 1 aliphatic heterocycles. The van der Waals surface area contributed by atoms with Crippen LogP contribution in [0.1, 0.15) is 46.0 Å². The Morgan fingerprint density at radius 2 is 1.80 bits per heavy atom. The summed E-state index contributed by atoms with van der Waals surface area (Å²) in [4.78, 5) is 2.51. The van der Waals surface area contributed by atoms with Crippen LogP contribution in [0.2, 0.25) is 0 Å². The van der Waals surface area contributed by atoms with E-state index in [0.29, 0.717) is 5.41 Å². The summed E-state index contributed by atoms with van der Waals surface area (Å²) in [7, 11) is 2.27. The van der Waals surface area contributed by atoms with Gasteiger partial charge in [0, 0.05) is 18.6 Å². The maximum atomic E-state index is 3.84. The van der Waals surface area contributed by atoms with Crippen LogP contribution < -0.4 is 5.32 Å². The Bertz CT molecular complexity index is 207. The summed E-state index contributed by atoms with van der Waals surface area (Å²) in [5, 5.41) is 3.84. The first-order valence-electron chi connectivity index (χ1n) is 6.73. The molecule has 15 heavy (non-hydrogen) atoms. The minimum Gasteiger partial charge on any atom is -0.311 e. The molecule has 88 valence electrons. The highest BCUT2D eigenvalue weighted by Crippen LogP contribution is 2.52. The van der Waals surface area contributed by atoms with Gasteiger partial charge in [0.15, 0.2) is 0 Å². The van der Waals surface area contributed by atoms with Gasteiger partial charge in [-0.2, -0.15) is 0 Å². The number of hydrogen-bond donors (Lipinski definition) is 1. The topological polar surface area (TPSA) is 15.3 Å². The molecule has 1 spiro atoms. The molecule has 1 heterocycles. The van der Waals surface area contributed by atoms with Gasteiger partial charge in [-0.3, -0.25) is 0 Å². The van der Waals surface area contributed by atoms with Crippen LogP contribution in [0, 0.1) is 5.41 Å². The van der Waals surface area contributed by atoms with Gasteiger partial charge in [0.25, 0.3) is 0 Å². The number of rotatable bonds is 2. The predicted molar refractivity (Wildman–Crippen MR) is 65.1 cm³/mol. The maximum Gasteiger partial charge on any atom is 0.0150 e. The van der Waals surface area contributed by atoms with Crippen molar-refractivity contribution in [3.63, 3.8) is 0 Å². The normalized spacial score (nSPS) is 33.4. The highest BCUT2D eigenvalue weighted by Gasteiger charge is 2.52. The maximum absolute atomic E-state index is 3.84. The lowest BCUT2D eigenvalue weighted by Crippen LogP contribution is -2.50. The van der Waals surface area contributed by atoms with Crippen molar-refractivity contribution in [2.75, 3.05) is 20.1 Å². The van der Waals surface area contributed by atoms with E-state index < -0.39 is 0 Å². The Hall–Kier alpha value is -0.0800. The SMILES string of the molecule is CC.CN1CCC(NC2CC2)C2(CC2)C1. The van der Waals surface area contributed by atoms with Crippen LogP contribution in [-0.2, 0) is 0 Å². The van der Waals surface area contributed by atoms with Crippen LogP contribution in [0.4, 0.5) is 0 Å². The fourth-order valence-corrected chi connectivity index (χ4v) is 2.84. The summed E-state index contributed by atoms with van der Waals surface area (Å²) in [5.74, 6) is 0. The second-order valence-corrected chi connectivity index (χ2v) is 5.38. The second-order valence-electron chi connectivity index (χ2n) is 5.38. The van der Waals surface area contributed by atoms with Gasteiger partial charge in [0.1, 0.15) is 0 Å². The largest absolute Gasteiger partial charge is 0.311 e. The molecule has 2 nitrogen and oxygen atoms in total. The van der Waals surface area contributed by atoms with Crippen molar-refractivity contribution in [2.45, 2.75) is 58.0 Å². The van der Waals surface area contributed by atoms with Crippen molar-refractivity contribution >= 4 is 0 Å². The number of nitrogens with zero attached hydrogens (tertiary/aromatic N) is 1. The Kier molecular flexibility index (Phi) is 3.36. The fourth-order valence-electron chi connectivity index (χ4n) is 2.84. The molecular formula is C13H26N2. The van der Waals surface area contributed by atoms with Gasteiger partial charge in [-0.05, 0) is 51.1 Å². The standard InChI is InChI=1S/C11H20N2.C2H6/c1-13-7-4-10(12-9-2-3-9)11(8-13)5-6-11;1-2/h9-10,12H,2-8H2,1H3;1-2H3. The summed E-state index contributed by atoms with van der Waals surface area (Å²) in [6.07, 6.45) is 7.20. The lowest BCUT2D eigenvalue weighted by Gasteiger charge is -2.38. The summed E-state index contributed by atoms with van der Waals surface area (Å²) >= 11 is 0. The minimum absolute atomic E-state index is 0.704. The second kappa shape index (κ2) is 4.42. The number of hydrogen-bond acceptors (Lipinski definition) is 2. The molecule has 0 aromatic heterocycles. The molecule has 0 radical (unpaired) electrons. The van der Waals surface area contributed by atoms with Gasteiger partial charge in [0.2, 0.25) is 0 Å². The summed E-state index contributed by atoms with van der Waals surface area (Å²) < 4.78 is 0. The van der Waals surface area contributed by atoms with E-state index in [1.54, 1.807) is 0 Å². The van der Waals surface area contributed by atoms with Crippen molar-refractivity contribution in [1.82, 2.24) is 10.2 Å². The molecule has 1 N–H and O–H groups in total. The molecule has 0 aromatic carbocycles. The molecule has 0 aromatic rings. The summed E-state index contributed by atoms with van der Waals surface area (Å²) in [6, 6.07) is 1.75. The molecule has 1 atom stereocenters. The van der Waals surface area contributed by atoms with E-state index in [-0.39, 0.29) is 0 Å². The molecule has 3 rings (SSSR count). The van der Waals surface area contributed by atoms with Crippen LogP contribution in [0.15, 0.2) is 0 Å². The van der Waals surface area contributed by atoms with Crippen molar-refractivity contribution in [3.8, 4) is 0 Å². The smallest absolute Gasteiger partial charge is 0.0150 e. The van der Waals surface area contributed by atoms with Crippen molar-refractivity contribution < 1.29 is 0 Å². The van der Waals surface area contributed by atoms with Gasteiger partial charge in [0.05, 0.1) is 0 Å². The zero-order valence-electron chi connectivity index (χ0n) is 10.6. The lowest BCUT2D eigenvalue weighted by atomic mass is 9.89. The van der Waals surface area contributed by atoms with E-state index in [1.165, 1.54) is 45.2 Å². The van der Waals surface area contributed by atoms with Crippen molar-refractivity contribution in [1.29, 1.82) is 0 Å². The van der Waals surface area contributed by atoms with E-state index in [1.807, 2.05) is 13.8 Å². The van der Waals surface area contributed by atoms with Gasteiger partial charge < -0.3 is 10.2 Å². The fraction of sp³-hybridized carbons (Fsp3) is 1.00. The van der Waals surface area contributed by atoms with Crippen LogP contribution in [-0.4, -0.2) is 37.1 Å². The first kappa shape index (κ1) is 11.4. The first-order valence-corrected chi connectivity index (χ1v) is 6.73. The average molecular weight is 210 g/mol. The van der Waals surface area contributed by atoms with E-state index in [0.717, 1.165) is 12.1 Å². The van der Waals surface area contributed by atoms with Gasteiger partial charge >= 0.3 is 0 Å². The third-order valence-electron chi connectivity index (χ3n) is 4.03. The monoisotopic (exact) mass is 210 g/mol. The Morgan fingerprint density at radius 1 is 1.13 bits per heavy atom. The molecule has 3 aliphatic rings. The predicted octanol–water partition coefficient (Wildman–Crippen LogP) is 2.25. The Morgan fingerprint density at radius 3 is 2.33 bits per heavy atom. The third kappa shape index (κ3) is 2.54. The molecule has 1 unspecified atom stereocenters. The average Bonchev–Trinajstić information content (AvgIpc) is 3.11. The molecule has 0 bridgehead atoms. The Balaban J connectivity index is 0.000000404. The number of piperidine rings is 1. The lowest BCUT2D eigenvalue weighted by molar-refractivity contribution is 0.146. The Labute approximate surface area is 94.4 Å². The van der Waals surface area contributed by atoms with Crippen LogP contribution in [0.25, 0.3) is 0 Å². The molecule has 2 saturated carbocycles. The van der Waals surface area contributed by atoms with Crippen molar-refractivity contribution in [3.05, 3.63) is 0 Å². The quantitative estimate of drug-likeness (QED) is 0.752. The number of likely N-dealkylation sites (tertiary alicyclic amines) is 1. The van der Waals surface area contributed by atoms with Gasteiger partial charge in [-0.25, -0.2) is 0 Å². The minimum atomic E-state index is 0.704. The molecule has 0 amide bonds. The molecule has 1 saturated heterocycles. The van der Waals surface area contributed by atoms with E-state index in [4.69, 9.17) is 0 Å². The van der Waals surface area contributed by atoms with Gasteiger partial charge in [-0.15, -0.1) is 0 Å². The summed E-state index contributed by atoms with van der Waals surface area (Å²) in [6.45, 7) is 6.64. The molecular weight excluding hydrogens is 184 g/mol. The van der Waals surface area contributed by atoms with Crippen LogP contribution in [0.3, 0.4) is 0 Å². The number of nitrogens with one attached hydrogen (secondary N) is 1. The van der Waals surface area contributed by atoms with E-state index >= 15 is 0 Å². The third-order valence-corrected chi connectivity index (χ3v) is 4.03. The molecule has 2 aliphatic carbocycles. The van der Waals surface area contributed by atoms with Crippen LogP contribution in [0.5, 0.6) is 0 Å². The van der Waals surface area contributed by atoms with Gasteiger partial charge in [-0.1, -0.05) is 13.8 Å². The van der Waals surface area contributed by atoms with E-state index in [2.05, 4.69) is 17.3 Å². The first-order chi connectivity index (χ1) is 7.28. The van der Waals surface area contributed by atoms with Crippen LogP contribution >= 0.6 is 0 Å². The zero-order valence-corrected chi connectivity index (χ0v) is 10.6. The molecule has 2 heteroatoms. The van der Waals surface area contributed by atoms with Crippen molar-refractivity contribution in [2.24, 2.45) is 5.41 Å². The molecule has 3 fully saturated rings.